The quantitative estimate of drug-likeness (QED) is 0.422. The number of hydrogen-bond donors (Lipinski definition) is 3. The number of fused-ring (bicyclic) bond motifs is 1. The molecule has 0 aromatic carbocycles. The van der Waals surface area contributed by atoms with E-state index in [1.54, 1.807) is 20.2 Å². The van der Waals surface area contributed by atoms with Crippen LogP contribution in [0.1, 0.15) is 31.5 Å². The number of carbonyl (C=O) groups is 1. The van der Waals surface area contributed by atoms with Gasteiger partial charge in [0.25, 0.3) is 0 Å². The van der Waals surface area contributed by atoms with E-state index in [1.165, 1.54) is 12.2 Å². The molecule has 1 aliphatic rings. The molecule has 0 fully saturated rings. The molecule has 1 unspecified atom stereocenters. The van der Waals surface area contributed by atoms with Crippen LogP contribution in [0.25, 0.3) is 11.2 Å². The molecule has 2 aromatic rings. The van der Waals surface area contributed by atoms with E-state index in [0.29, 0.717) is 25.1 Å². The van der Waals surface area contributed by atoms with Crippen molar-refractivity contribution < 1.29 is 19.0 Å². The molecule has 2 heterocycles. The maximum absolute atomic E-state index is 14.5. The number of halogens is 1. The van der Waals surface area contributed by atoms with Crippen LogP contribution in [-0.2, 0) is 16.0 Å². The monoisotopic (exact) mass is 484 g/mol. The molecule has 188 valence electrons. The predicted octanol–water partition coefficient (Wildman–Crippen LogP) is 2.35. The van der Waals surface area contributed by atoms with Gasteiger partial charge in [0.2, 0.25) is 0 Å². The van der Waals surface area contributed by atoms with E-state index >= 15 is 0 Å². The zero-order valence-corrected chi connectivity index (χ0v) is 20.7. The number of nitrogens with two attached hydrogens (primary N) is 1. The van der Waals surface area contributed by atoms with Crippen LogP contribution in [0.15, 0.2) is 65.6 Å². The molecule has 0 bridgehead atoms. The number of carbonyl (C=O) groups excluding carboxylic acids is 1. The average molecular weight is 485 g/mol. The van der Waals surface area contributed by atoms with E-state index in [1.807, 2.05) is 42.8 Å². The zero-order valence-electron chi connectivity index (χ0n) is 20.7. The summed E-state index contributed by atoms with van der Waals surface area (Å²) in [7, 11) is 3.41. The van der Waals surface area contributed by atoms with Gasteiger partial charge in [0.15, 0.2) is 6.04 Å². The number of hydrogen-bond acceptors (Lipinski definition) is 6. The van der Waals surface area contributed by atoms with Crippen molar-refractivity contribution in [3.8, 4) is 0 Å². The maximum atomic E-state index is 14.5. The molecular formula is C26H35FN5O3+. The fourth-order valence-corrected chi connectivity index (χ4v) is 4.27. The molecule has 0 amide bonds. The summed E-state index contributed by atoms with van der Waals surface area (Å²) >= 11 is 0. The topological polar surface area (TPSA) is 117 Å². The van der Waals surface area contributed by atoms with Gasteiger partial charge in [-0.05, 0) is 55.4 Å². The van der Waals surface area contributed by atoms with Crippen molar-refractivity contribution in [3.05, 3.63) is 76.9 Å². The summed E-state index contributed by atoms with van der Waals surface area (Å²) in [6, 6.07) is 3.18. The first-order valence-electron chi connectivity index (χ1n) is 11.7. The summed E-state index contributed by atoms with van der Waals surface area (Å²) in [5.41, 5.74) is 11.0. The van der Waals surface area contributed by atoms with E-state index in [4.69, 9.17) is 15.6 Å². The third kappa shape index (κ3) is 5.98. The summed E-state index contributed by atoms with van der Waals surface area (Å²) in [6.07, 6.45) is 9.55. The molecule has 6 N–H and O–H groups in total. The molecule has 8 nitrogen and oxygen atoms in total. The fourth-order valence-electron chi connectivity index (χ4n) is 4.27. The Kier molecular flexibility index (Phi) is 8.84. The Morgan fingerprint density at radius 2 is 2.11 bits per heavy atom. The highest BCUT2D eigenvalue weighted by Gasteiger charge is 2.29. The van der Waals surface area contributed by atoms with Crippen LogP contribution in [0.2, 0.25) is 0 Å². The van der Waals surface area contributed by atoms with Crippen LogP contribution in [0.4, 0.5) is 4.39 Å². The maximum Gasteiger partial charge on any atom is 0.537 e. The molecule has 3 rings (SSSR count). The van der Waals surface area contributed by atoms with Crippen molar-refractivity contribution in [2.45, 2.75) is 32.7 Å². The number of rotatable bonds is 11. The predicted molar refractivity (Wildman–Crippen MR) is 136 cm³/mol. The Balaban J connectivity index is 1.83. The van der Waals surface area contributed by atoms with Crippen LogP contribution in [0.5, 0.6) is 0 Å². The van der Waals surface area contributed by atoms with E-state index in [0.717, 1.165) is 33.7 Å². The van der Waals surface area contributed by atoms with Crippen molar-refractivity contribution >= 4 is 17.2 Å². The zero-order chi connectivity index (χ0) is 25.5. The van der Waals surface area contributed by atoms with Crippen LogP contribution < -0.4 is 16.4 Å². The van der Waals surface area contributed by atoms with Gasteiger partial charge in [0.05, 0.1) is 6.61 Å². The number of allylic oxidation sites excluding steroid dienone is 6. The molecule has 2 aromatic heterocycles. The number of aromatic nitrogens is 2. The van der Waals surface area contributed by atoms with E-state index in [9.17, 15) is 9.18 Å². The Bertz CT molecular complexity index is 1190. The lowest BCUT2D eigenvalue weighted by atomic mass is 9.93. The van der Waals surface area contributed by atoms with Crippen molar-refractivity contribution in [3.63, 3.8) is 0 Å². The van der Waals surface area contributed by atoms with Crippen molar-refractivity contribution in [2.75, 3.05) is 27.2 Å². The van der Waals surface area contributed by atoms with E-state index in [2.05, 4.69) is 15.6 Å². The smallest absolute Gasteiger partial charge is 0.537 e. The minimum Gasteiger partial charge on any atom is -0.563 e. The van der Waals surface area contributed by atoms with Crippen molar-refractivity contribution in [1.82, 2.24) is 20.0 Å². The normalized spacial score (nSPS) is 17.7. The van der Waals surface area contributed by atoms with Crippen molar-refractivity contribution in [1.29, 1.82) is 0 Å². The molecule has 2 atom stereocenters. The highest BCUT2D eigenvalue weighted by atomic mass is 19.1. The third-order valence-corrected chi connectivity index (χ3v) is 6.31. The van der Waals surface area contributed by atoms with Gasteiger partial charge >= 0.3 is 5.97 Å². The first kappa shape index (κ1) is 26.2. The molecule has 0 radical (unpaired) electrons. The minimum absolute atomic E-state index is 0.214. The molecule has 35 heavy (non-hydrogen) atoms. The molecule has 1 aliphatic carbocycles. The summed E-state index contributed by atoms with van der Waals surface area (Å²) in [4.78, 5) is 16.2. The van der Waals surface area contributed by atoms with E-state index < -0.39 is 17.8 Å². The Morgan fingerprint density at radius 3 is 2.77 bits per heavy atom. The van der Waals surface area contributed by atoms with Crippen LogP contribution in [0.3, 0.4) is 0 Å². The van der Waals surface area contributed by atoms with Crippen molar-refractivity contribution in [2.24, 2.45) is 11.7 Å². The second-order valence-corrected chi connectivity index (χ2v) is 8.46. The Labute approximate surface area is 205 Å². The van der Waals surface area contributed by atoms with E-state index in [-0.39, 0.29) is 12.5 Å². The van der Waals surface area contributed by atoms with Crippen LogP contribution in [0, 0.1) is 5.92 Å². The standard InChI is InChI=1S/C26H34FN5O3/c1-16-21(18-5-8-24-31-14-20(9-11-28)32(24)15-18)7-6-19(27)13-23(16)35-12-10-22(17(2)29-3)25(30-4)26(33)34/h5-8,13-16,25,29-30H,9-12,28H2,1-4H3,(H,33,34)/p+1/b22-17-/t16-,25?/m1/s1. The Morgan fingerprint density at radius 1 is 1.34 bits per heavy atom. The summed E-state index contributed by atoms with van der Waals surface area (Å²) in [6.45, 7) is 4.58. The lowest BCUT2D eigenvalue weighted by Gasteiger charge is -2.21. The van der Waals surface area contributed by atoms with Crippen LogP contribution >= 0.6 is 0 Å². The number of nitrogens with zero attached hydrogens (tertiary/aromatic N) is 2. The van der Waals surface area contributed by atoms with Gasteiger partial charge in [-0.1, -0.05) is 13.0 Å². The molecule has 0 aliphatic heterocycles. The summed E-state index contributed by atoms with van der Waals surface area (Å²) < 4.78 is 22.6. The van der Waals surface area contributed by atoms with Gasteiger partial charge in [-0.15, -0.1) is 0 Å². The molecule has 0 saturated carbocycles. The van der Waals surface area contributed by atoms with Gasteiger partial charge in [-0.3, -0.25) is 5.32 Å². The molecule has 9 heteroatoms. The second-order valence-electron chi connectivity index (χ2n) is 8.46. The van der Waals surface area contributed by atoms with Gasteiger partial charge in [0.1, 0.15) is 17.2 Å². The minimum atomic E-state index is -0.733. The molecule has 0 spiro atoms. The van der Waals surface area contributed by atoms with Gasteiger partial charge in [0, 0.05) is 60.5 Å². The number of imidazole rings is 1. The third-order valence-electron chi connectivity index (χ3n) is 6.31. The number of ether oxygens (including phenoxy) is 1. The molecule has 0 saturated heterocycles. The highest BCUT2D eigenvalue weighted by molar-refractivity contribution is 5.77. The highest BCUT2D eigenvalue weighted by Crippen LogP contribution is 2.33. The lowest BCUT2D eigenvalue weighted by Crippen LogP contribution is -2.37. The first-order chi connectivity index (χ1) is 16.8. The lowest BCUT2D eigenvalue weighted by molar-refractivity contribution is -0.138. The fraction of sp³-hybridized carbons (Fsp3) is 0.385. The largest absolute Gasteiger partial charge is 0.563 e. The number of pyridine rings is 1. The van der Waals surface area contributed by atoms with Gasteiger partial charge in [-0.25, -0.2) is 9.37 Å². The number of nitrogens with one attached hydrogen (secondary N) is 2. The first-order valence-corrected chi connectivity index (χ1v) is 11.7. The van der Waals surface area contributed by atoms with Gasteiger partial charge in [-0.2, -0.15) is 0 Å². The SMILES string of the molecule is CN/C(C)=C(/CCOC1=CC(F)=CC=C(c2ccc3ncc(CCN)n3c2)[C@H]1C)C(NC)C(=O)[OH2+]. The summed E-state index contributed by atoms with van der Waals surface area (Å²) in [5.74, 6) is -0.836. The number of likely N-dealkylation sites (N-methyl/N-ethyl adjacent to an activating group) is 1. The summed E-state index contributed by atoms with van der Waals surface area (Å²) in [5, 5.41) is 13.5. The average Bonchev–Trinajstić information content (AvgIpc) is 3.17. The van der Waals surface area contributed by atoms with Gasteiger partial charge < -0.3 is 25.3 Å². The second kappa shape index (κ2) is 11.8. The molecular weight excluding hydrogens is 449 g/mol. The van der Waals surface area contributed by atoms with Crippen LogP contribution in [-0.4, -0.2) is 53.7 Å². The Hall–Kier alpha value is -3.43.